The number of primary amides is 1. The highest BCUT2D eigenvalue weighted by molar-refractivity contribution is 7.99. The molecule has 1 aromatic heterocycles. The lowest BCUT2D eigenvalue weighted by atomic mass is 9.99. The number of hydrogen-bond donors (Lipinski definition) is 4. The number of nitrogens with two attached hydrogens (primary N) is 2. The fourth-order valence-electron chi connectivity index (χ4n) is 3.03. The Morgan fingerprint density at radius 3 is 2.55 bits per heavy atom. The summed E-state index contributed by atoms with van der Waals surface area (Å²) in [7, 11) is 0. The molecule has 0 bridgehead atoms. The van der Waals surface area contributed by atoms with Gasteiger partial charge in [0.05, 0.1) is 10.9 Å². The highest BCUT2D eigenvalue weighted by atomic mass is 32.2. The van der Waals surface area contributed by atoms with Crippen LogP contribution < -0.4 is 16.8 Å². The van der Waals surface area contributed by atoms with Gasteiger partial charge >= 0.3 is 0 Å². The maximum atomic E-state index is 12.2. The molecule has 0 saturated heterocycles. The van der Waals surface area contributed by atoms with E-state index in [1.165, 1.54) is 11.8 Å². The maximum Gasteiger partial charge on any atom is 0.266 e. The number of fused-ring (bicyclic) bond motifs is 1. The van der Waals surface area contributed by atoms with E-state index in [0.717, 1.165) is 32.7 Å². The number of amides is 2. The Hall–Kier alpha value is -2.77. The van der Waals surface area contributed by atoms with Crippen LogP contribution in [-0.2, 0) is 11.3 Å². The molecule has 7 heteroatoms. The predicted molar refractivity (Wildman–Crippen MR) is 117 cm³/mol. The van der Waals surface area contributed by atoms with E-state index in [-0.39, 0.29) is 11.8 Å². The molecule has 152 valence electrons. The van der Waals surface area contributed by atoms with Gasteiger partial charge < -0.3 is 21.8 Å². The second kappa shape index (κ2) is 9.15. The minimum Gasteiger partial charge on any atom is -0.364 e. The Labute approximate surface area is 174 Å². The average Bonchev–Trinajstić information content (AvgIpc) is 3.09. The second-order valence-corrected chi connectivity index (χ2v) is 8.20. The summed E-state index contributed by atoms with van der Waals surface area (Å²) in [4.78, 5) is 29.1. The van der Waals surface area contributed by atoms with Crippen LogP contribution in [0.4, 0.5) is 0 Å². The highest BCUT2D eigenvalue weighted by Gasteiger charge is 2.20. The molecule has 0 radical (unpaired) electrons. The van der Waals surface area contributed by atoms with Crippen LogP contribution in [0, 0.1) is 5.92 Å². The van der Waals surface area contributed by atoms with Gasteiger partial charge in [-0.3, -0.25) is 9.59 Å². The van der Waals surface area contributed by atoms with Crippen molar-refractivity contribution in [2.45, 2.75) is 42.6 Å². The number of H-pyrrole nitrogens is 1. The van der Waals surface area contributed by atoms with Crippen molar-refractivity contribution < 1.29 is 9.59 Å². The van der Waals surface area contributed by atoms with Crippen LogP contribution in [0.1, 0.15) is 36.3 Å². The first-order valence-corrected chi connectivity index (χ1v) is 10.4. The Bertz CT molecular complexity index is 1020. The number of rotatable bonds is 8. The van der Waals surface area contributed by atoms with Crippen molar-refractivity contribution in [1.29, 1.82) is 0 Å². The van der Waals surface area contributed by atoms with Crippen molar-refractivity contribution >= 4 is 34.5 Å². The standard InChI is InChI=1S/C22H26N4O2S/c1-3-13(2)18(23)22(28)25-12-14-9-10-16-17(11-14)26-19(21(24)27)20(16)29-15-7-5-4-6-8-15/h4-11,13,18,26H,3,12,23H2,1-2H3,(H2,24,27)(H,25,28). The van der Waals surface area contributed by atoms with Crippen molar-refractivity contribution in [2.75, 3.05) is 0 Å². The molecule has 2 amide bonds. The lowest BCUT2D eigenvalue weighted by Gasteiger charge is -2.17. The van der Waals surface area contributed by atoms with Crippen LogP contribution in [-0.4, -0.2) is 22.8 Å². The van der Waals surface area contributed by atoms with E-state index in [0.29, 0.717) is 12.2 Å². The topological polar surface area (TPSA) is 114 Å². The molecule has 0 spiro atoms. The summed E-state index contributed by atoms with van der Waals surface area (Å²) in [6.45, 7) is 4.34. The third-order valence-corrected chi connectivity index (χ3v) is 6.19. The molecule has 0 saturated carbocycles. The molecule has 2 atom stereocenters. The monoisotopic (exact) mass is 410 g/mol. The molecule has 29 heavy (non-hydrogen) atoms. The largest absolute Gasteiger partial charge is 0.364 e. The van der Waals surface area contributed by atoms with Crippen molar-refractivity contribution in [3.63, 3.8) is 0 Å². The summed E-state index contributed by atoms with van der Waals surface area (Å²) < 4.78 is 0. The quantitative estimate of drug-likeness (QED) is 0.456. The second-order valence-electron chi connectivity index (χ2n) is 7.12. The molecule has 0 fully saturated rings. The molecule has 6 nitrogen and oxygen atoms in total. The van der Waals surface area contributed by atoms with E-state index in [1.54, 1.807) is 0 Å². The highest BCUT2D eigenvalue weighted by Crippen LogP contribution is 2.36. The number of aromatic amines is 1. The van der Waals surface area contributed by atoms with E-state index in [9.17, 15) is 9.59 Å². The van der Waals surface area contributed by atoms with Crippen LogP contribution in [0.5, 0.6) is 0 Å². The number of aromatic nitrogens is 1. The molecule has 3 aromatic rings. The number of carbonyl (C=O) groups is 2. The van der Waals surface area contributed by atoms with Gasteiger partial charge in [-0.1, -0.05) is 62.4 Å². The van der Waals surface area contributed by atoms with Gasteiger partial charge in [-0.2, -0.15) is 0 Å². The normalized spacial score (nSPS) is 13.2. The van der Waals surface area contributed by atoms with Gasteiger partial charge in [-0.25, -0.2) is 0 Å². The van der Waals surface area contributed by atoms with Gasteiger partial charge in [0.1, 0.15) is 5.69 Å². The lowest BCUT2D eigenvalue weighted by molar-refractivity contribution is -0.123. The molecular formula is C22H26N4O2S. The third kappa shape index (κ3) is 4.81. The van der Waals surface area contributed by atoms with Crippen molar-refractivity contribution in [3.8, 4) is 0 Å². The number of carbonyl (C=O) groups excluding carboxylic acids is 2. The predicted octanol–water partition coefficient (Wildman–Crippen LogP) is 3.41. The van der Waals surface area contributed by atoms with Crippen LogP contribution in [0.3, 0.4) is 0 Å². The third-order valence-electron chi connectivity index (χ3n) is 5.05. The molecule has 0 aliphatic rings. The molecule has 2 unspecified atom stereocenters. The first-order valence-electron chi connectivity index (χ1n) is 9.61. The molecule has 1 heterocycles. The molecule has 3 rings (SSSR count). The van der Waals surface area contributed by atoms with E-state index in [2.05, 4.69) is 10.3 Å². The van der Waals surface area contributed by atoms with Crippen LogP contribution in [0.15, 0.2) is 58.3 Å². The summed E-state index contributed by atoms with van der Waals surface area (Å²) >= 11 is 1.49. The fraction of sp³-hybridized carbons (Fsp3) is 0.273. The zero-order chi connectivity index (χ0) is 21.0. The molecule has 0 aliphatic carbocycles. The average molecular weight is 411 g/mol. The molecule has 6 N–H and O–H groups in total. The summed E-state index contributed by atoms with van der Waals surface area (Å²) in [6, 6.07) is 15.1. The zero-order valence-electron chi connectivity index (χ0n) is 16.6. The minimum atomic E-state index is -0.524. The fourth-order valence-corrected chi connectivity index (χ4v) is 4.10. The smallest absolute Gasteiger partial charge is 0.266 e. The Morgan fingerprint density at radius 2 is 1.90 bits per heavy atom. The van der Waals surface area contributed by atoms with Gasteiger partial charge in [0.2, 0.25) is 5.91 Å². The van der Waals surface area contributed by atoms with E-state index in [4.69, 9.17) is 11.5 Å². The van der Waals surface area contributed by atoms with E-state index < -0.39 is 11.9 Å². The first-order chi connectivity index (χ1) is 13.9. The van der Waals surface area contributed by atoms with Gasteiger partial charge in [-0.15, -0.1) is 0 Å². The van der Waals surface area contributed by atoms with Crippen molar-refractivity contribution in [1.82, 2.24) is 10.3 Å². The van der Waals surface area contributed by atoms with E-state index in [1.807, 2.05) is 62.4 Å². The lowest BCUT2D eigenvalue weighted by Crippen LogP contribution is -2.44. The molecule has 2 aromatic carbocycles. The van der Waals surface area contributed by atoms with Gasteiger partial charge in [-0.05, 0) is 29.7 Å². The van der Waals surface area contributed by atoms with Crippen molar-refractivity contribution in [3.05, 3.63) is 59.8 Å². The number of hydrogen-bond acceptors (Lipinski definition) is 4. The first kappa shape index (κ1) is 21.0. The van der Waals surface area contributed by atoms with Crippen LogP contribution >= 0.6 is 11.8 Å². The van der Waals surface area contributed by atoms with E-state index >= 15 is 0 Å². The minimum absolute atomic E-state index is 0.122. The Balaban J connectivity index is 1.83. The van der Waals surface area contributed by atoms with Gasteiger partial charge in [0.25, 0.3) is 5.91 Å². The summed E-state index contributed by atoms with van der Waals surface area (Å²) in [6.07, 6.45) is 0.848. The van der Waals surface area contributed by atoms with Gasteiger partial charge in [0, 0.05) is 22.3 Å². The number of nitrogens with one attached hydrogen (secondary N) is 2. The summed E-state index contributed by atoms with van der Waals surface area (Å²) in [5.41, 5.74) is 13.7. The SMILES string of the molecule is CCC(C)C(N)C(=O)NCc1ccc2c(Sc3ccccc3)c(C(N)=O)[nH]c2c1. The molecular weight excluding hydrogens is 384 g/mol. The van der Waals surface area contributed by atoms with Gasteiger partial charge in [0.15, 0.2) is 0 Å². The summed E-state index contributed by atoms with van der Waals surface area (Å²) in [5, 5.41) is 3.80. The number of benzene rings is 2. The molecule has 0 aliphatic heterocycles. The summed E-state index contributed by atoms with van der Waals surface area (Å²) in [5.74, 6) is -0.547. The Morgan fingerprint density at radius 1 is 1.17 bits per heavy atom. The zero-order valence-corrected chi connectivity index (χ0v) is 17.4. The van der Waals surface area contributed by atoms with Crippen LogP contribution in [0.25, 0.3) is 10.9 Å². The Kier molecular flexibility index (Phi) is 6.61. The van der Waals surface area contributed by atoms with Crippen molar-refractivity contribution in [2.24, 2.45) is 17.4 Å². The maximum absolute atomic E-state index is 12.2. The van der Waals surface area contributed by atoms with Crippen LogP contribution in [0.2, 0.25) is 0 Å².